The number of hydroxylamine groups is 1. The highest BCUT2D eigenvalue weighted by Crippen LogP contribution is 2.44. The fraction of sp³-hybridized carbons (Fsp3) is 0.708. The number of nitrogens with one attached hydrogen (secondary N) is 3. The van der Waals surface area contributed by atoms with Crippen molar-refractivity contribution in [3.8, 4) is 0 Å². The van der Waals surface area contributed by atoms with Crippen LogP contribution in [0, 0.1) is 5.41 Å². The molecule has 1 aromatic rings. The van der Waals surface area contributed by atoms with Crippen LogP contribution in [-0.4, -0.2) is 59.1 Å². The van der Waals surface area contributed by atoms with Gasteiger partial charge in [-0.25, -0.2) is 15.3 Å². The predicted molar refractivity (Wildman–Crippen MR) is 125 cm³/mol. The molecule has 0 radical (unpaired) electrons. The van der Waals surface area contributed by atoms with E-state index >= 15 is 0 Å². The average molecular weight is 460 g/mol. The van der Waals surface area contributed by atoms with Crippen LogP contribution in [0.25, 0.3) is 6.08 Å². The molecule has 1 amide bonds. The minimum absolute atomic E-state index is 0.00846. The molecule has 4 N–H and O–H groups in total. The van der Waals surface area contributed by atoms with E-state index in [0.717, 1.165) is 58.0 Å². The summed E-state index contributed by atoms with van der Waals surface area (Å²) in [4.78, 5) is 26.2. The number of anilines is 1. The Morgan fingerprint density at radius 3 is 2.76 bits per heavy atom. The molecule has 0 bridgehead atoms. The van der Waals surface area contributed by atoms with Gasteiger partial charge in [0.25, 0.3) is 5.91 Å². The van der Waals surface area contributed by atoms with Gasteiger partial charge in [0.2, 0.25) is 0 Å². The van der Waals surface area contributed by atoms with E-state index in [2.05, 4.69) is 26.1 Å². The summed E-state index contributed by atoms with van der Waals surface area (Å²) >= 11 is 0. The SMILES string of the molecule is O=C(/C=C/c1cnc(N[C@]2(CC3(CO)CCCCC3)CCNC2)cn1)NOC1CCCCO1. The molecule has 4 rings (SSSR count). The number of hydrogen-bond donors (Lipinski definition) is 4. The molecule has 1 unspecified atom stereocenters. The maximum Gasteiger partial charge on any atom is 0.267 e. The van der Waals surface area contributed by atoms with Crippen molar-refractivity contribution in [1.82, 2.24) is 20.8 Å². The molecular weight excluding hydrogens is 422 g/mol. The van der Waals surface area contributed by atoms with Crippen LogP contribution in [0.5, 0.6) is 0 Å². The van der Waals surface area contributed by atoms with Gasteiger partial charge < -0.3 is 20.5 Å². The van der Waals surface area contributed by atoms with Gasteiger partial charge in [0.15, 0.2) is 6.29 Å². The molecule has 0 spiro atoms. The number of amides is 1. The van der Waals surface area contributed by atoms with Crippen LogP contribution >= 0.6 is 0 Å². The molecule has 1 aliphatic carbocycles. The quantitative estimate of drug-likeness (QED) is 0.329. The van der Waals surface area contributed by atoms with Gasteiger partial charge in [-0.15, -0.1) is 0 Å². The van der Waals surface area contributed by atoms with Gasteiger partial charge in [-0.05, 0) is 56.6 Å². The Morgan fingerprint density at radius 2 is 2.09 bits per heavy atom. The Kier molecular flexibility index (Phi) is 8.29. The molecule has 2 saturated heterocycles. The third-order valence-electron chi connectivity index (χ3n) is 7.11. The topological polar surface area (TPSA) is 118 Å². The van der Waals surface area contributed by atoms with Gasteiger partial charge in [-0.2, -0.15) is 0 Å². The maximum atomic E-state index is 12.0. The van der Waals surface area contributed by atoms with Crippen molar-refractivity contribution in [3.05, 3.63) is 24.2 Å². The number of hydrogen-bond acceptors (Lipinski definition) is 8. The minimum atomic E-state index is -0.378. The first-order valence-electron chi connectivity index (χ1n) is 12.3. The first-order valence-corrected chi connectivity index (χ1v) is 12.3. The van der Waals surface area contributed by atoms with Gasteiger partial charge in [-0.3, -0.25) is 9.78 Å². The molecule has 2 aliphatic heterocycles. The molecule has 9 nitrogen and oxygen atoms in total. The summed E-state index contributed by atoms with van der Waals surface area (Å²) in [5, 5.41) is 17.3. The number of nitrogens with zero attached hydrogens (tertiary/aromatic N) is 2. The first-order chi connectivity index (χ1) is 16.1. The fourth-order valence-corrected chi connectivity index (χ4v) is 5.34. The van der Waals surface area contributed by atoms with E-state index in [1.165, 1.54) is 25.3 Å². The summed E-state index contributed by atoms with van der Waals surface area (Å²) in [6.07, 6.45) is 16.5. The third-order valence-corrected chi connectivity index (χ3v) is 7.11. The number of rotatable bonds is 9. The van der Waals surface area contributed by atoms with Crippen LogP contribution in [0.3, 0.4) is 0 Å². The van der Waals surface area contributed by atoms with Crippen molar-refractivity contribution < 1.29 is 19.5 Å². The van der Waals surface area contributed by atoms with Crippen LogP contribution in [0.15, 0.2) is 18.5 Å². The number of aliphatic hydroxyl groups excluding tert-OH is 1. The fourth-order valence-electron chi connectivity index (χ4n) is 5.34. The van der Waals surface area contributed by atoms with E-state index in [1.54, 1.807) is 18.5 Å². The summed E-state index contributed by atoms with van der Waals surface area (Å²) in [5.41, 5.74) is 2.84. The smallest absolute Gasteiger partial charge is 0.267 e. The molecule has 9 heteroatoms. The number of carbonyl (C=O) groups is 1. The predicted octanol–water partition coefficient (Wildman–Crippen LogP) is 2.54. The number of carbonyl (C=O) groups excluding carboxylic acids is 1. The van der Waals surface area contributed by atoms with Crippen LogP contribution < -0.4 is 16.1 Å². The molecule has 2 atom stereocenters. The lowest BCUT2D eigenvalue weighted by molar-refractivity contribution is -0.198. The highest BCUT2D eigenvalue weighted by Gasteiger charge is 2.43. The molecule has 3 fully saturated rings. The van der Waals surface area contributed by atoms with E-state index in [4.69, 9.17) is 9.57 Å². The second-order valence-electron chi connectivity index (χ2n) is 9.77. The van der Waals surface area contributed by atoms with Gasteiger partial charge >= 0.3 is 0 Å². The minimum Gasteiger partial charge on any atom is -0.396 e. The lowest BCUT2D eigenvalue weighted by Gasteiger charge is -2.43. The summed E-state index contributed by atoms with van der Waals surface area (Å²) in [6.45, 7) is 2.70. The van der Waals surface area contributed by atoms with Crippen LogP contribution in [0.4, 0.5) is 5.82 Å². The first kappa shape index (κ1) is 24.1. The zero-order chi connectivity index (χ0) is 23.0. The highest BCUT2D eigenvalue weighted by molar-refractivity contribution is 5.90. The van der Waals surface area contributed by atoms with E-state index in [-0.39, 0.29) is 29.8 Å². The van der Waals surface area contributed by atoms with Crippen LogP contribution in [-0.2, 0) is 14.4 Å². The maximum absolute atomic E-state index is 12.0. The van der Waals surface area contributed by atoms with Gasteiger partial charge in [0, 0.05) is 32.3 Å². The van der Waals surface area contributed by atoms with E-state index in [1.807, 2.05) is 0 Å². The molecule has 3 aliphatic rings. The summed E-state index contributed by atoms with van der Waals surface area (Å²) < 4.78 is 5.42. The van der Waals surface area contributed by atoms with Crippen LogP contribution in [0.2, 0.25) is 0 Å². The zero-order valence-corrected chi connectivity index (χ0v) is 19.4. The van der Waals surface area contributed by atoms with Crippen molar-refractivity contribution >= 4 is 17.8 Å². The summed E-state index contributed by atoms with van der Waals surface area (Å²) in [6, 6.07) is 0. The van der Waals surface area contributed by atoms with Crippen LogP contribution in [0.1, 0.15) is 69.9 Å². The molecule has 182 valence electrons. The molecule has 33 heavy (non-hydrogen) atoms. The monoisotopic (exact) mass is 459 g/mol. The highest BCUT2D eigenvalue weighted by atomic mass is 16.8. The lowest BCUT2D eigenvalue weighted by atomic mass is 9.67. The number of ether oxygens (including phenoxy) is 1. The second-order valence-corrected chi connectivity index (χ2v) is 9.77. The molecule has 3 heterocycles. The largest absolute Gasteiger partial charge is 0.396 e. The third kappa shape index (κ3) is 6.72. The van der Waals surface area contributed by atoms with Crippen molar-refractivity contribution in [2.75, 3.05) is 31.6 Å². The van der Waals surface area contributed by atoms with Crippen molar-refractivity contribution in [3.63, 3.8) is 0 Å². The Morgan fingerprint density at radius 1 is 1.21 bits per heavy atom. The Balaban J connectivity index is 1.32. The average Bonchev–Trinajstić information content (AvgIpc) is 3.31. The number of aliphatic hydroxyl groups is 1. The Bertz CT molecular complexity index is 783. The summed E-state index contributed by atoms with van der Waals surface area (Å²) in [7, 11) is 0. The molecule has 1 saturated carbocycles. The molecule has 1 aromatic heterocycles. The van der Waals surface area contributed by atoms with Gasteiger partial charge in [0.1, 0.15) is 5.82 Å². The van der Waals surface area contributed by atoms with Crippen molar-refractivity contribution in [2.24, 2.45) is 5.41 Å². The Labute approximate surface area is 195 Å². The van der Waals surface area contributed by atoms with Gasteiger partial charge in [0.05, 0.1) is 23.6 Å². The lowest BCUT2D eigenvalue weighted by Crippen LogP contribution is -2.47. The van der Waals surface area contributed by atoms with E-state index < -0.39 is 0 Å². The molecule has 0 aromatic carbocycles. The summed E-state index contributed by atoms with van der Waals surface area (Å²) in [5.74, 6) is 0.341. The van der Waals surface area contributed by atoms with Crippen molar-refractivity contribution in [1.29, 1.82) is 0 Å². The van der Waals surface area contributed by atoms with E-state index in [9.17, 15) is 9.90 Å². The Hall–Kier alpha value is -2.07. The number of aromatic nitrogens is 2. The standard InChI is InChI=1S/C24H37N5O4/c30-18-23(9-3-1-4-10-23)16-24(11-12-25-17-24)28-20-15-26-19(14-27-20)7-8-21(31)29-33-22-6-2-5-13-32-22/h7-8,14-15,22,25,30H,1-6,9-13,16-18H2,(H,27,28)(H,29,31)/b8-7+/t22?,24-/m0/s1. The zero-order valence-electron chi connectivity index (χ0n) is 19.4. The van der Waals surface area contributed by atoms with Gasteiger partial charge in [-0.1, -0.05) is 19.3 Å². The molecular formula is C24H37N5O4. The van der Waals surface area contributed by atoms with Crippen molar-refractivity contribution in [2.45, 2.75) is 76.0 Å². The second kappa shape index (κ2) is 11.4. The normalized spacial score (nSPS) is 27.5. The van der Waals surface area contributed by atoms with E-state index in [0.29, 0.717) is 18.1 Å².